The summed E-state index contributed by atoms with van der Waals surface area (Å²) in [6, 6.07) is 14.8. The Morgan fingerprint density at radius 1 is 1.00 bits per heavy atom. The minimum atomic E-state index is -0.370. The van der Waals surface area contributed by atoms with Gasteiger partial charge in [0.05, 0.1) is 12.7 Å². The van der Waals surface area contributed by atoms with E-state index in [-0.39, 0.29) is 18.2 Å². The number of fused-ring (bicyclic) bond motifs is 1. The zero-order chi connectivity index (χ0) is 23.5. The van der Waals surface area contributed by atoms with E-state index < -0.39 is 0 Å². The summed E-state index contributed by atoms with van der Waals surface area (Å²) in [4.78, 5) is 31.2. The summed E-state index contributed by atoms with van der Waals surface area (Å²) in [6.07, 6.45) is 8.88. The molecule has 8 nitrogen and oxygen atoms in total. The second kappa shape index (κ2) is 9.52. The molecule has 8 heteroatoms. The Balaban J connectivity index is 1.29. The lowest BCUT2D eigenvalue weighted by molar-refractivity contribution is 0.0600. The van der Waals surface area contributed by atoms with Gasteiger partial charge in [-0.25, -0.2) is 9.79 Å². The lowest BCUT2D eigenvalue weighted by atomic mass is 10.0. The van der Waals surface area contributed by atoms with Gasteiger partial charge in [-0.3, -0.25) is 9.80 Å². The van der Waals surface area contributed by atoms with Gasteiger partial charge in [-0.1, -0.05) is 12.1 Å². The summed E-state index contributed by atoms with van der Waals surface area (Å²) in [7, 11) is 1.36. The first kappa shape index (κ1) is 21.9. The van der Waals surface area contributed by atoms with Crippen LogP contribution in [0.5, 0.6) is 0 Å². The lowest BCUT2D eigenvalue weighted by Gasteiger charge is -2.27. The highest BCUT2D eigenvalue weighted by molar-refractivity contribution is 6.24. The summed E-state index contributed by atoms with van der Waals surface area (Å²) in [5, 5.41) is 5.19. The van der Waals surface area contributed by atoms with Crippen LogP contribution in [-0.2, 0) is 4.74 Å². The molecule has 1 saturated heterocycles. The average molecular weight is 458 g/mol. The molecule has 5 rings (SSSR count). The zero-order valence-electron chi connectivity index (χ0n) is 19.0. The van der Waals surface area contributed by atoms with Crippen LogP contribution in [0.3, 0.4) is 0 Å². The largest absolute Gasteiger partial charge is 0.465 e. The molecule has 34 heavy (non-hydrogen) atoms. The van der Waals surface area contributed by atoms with Gasteiger partial charge >= 0.3 is 5.97 Å². The third-order valence-electron chi connectivity index (χ3n) is 6.18. The van der Waals surface area contributed by atoms with Crippen LogP contribution < -0.4 is 10.7 Å². The number of hydrazine groups is 1. The monoisotopic (exact) mass is 457 g/mol. The number of methoxy groups -OCH3 is 1. The SMILES string of the molecule is COC(=O)c1ccc(NC2N=C3C(c4ccc(C(=O)N5CCCCC5)cc4)=CC=CN3N2)cc1. The Labute approximate surface area is 198 Å². The van der Waals surface area contributed by atoms with Crippen molar-refractivity contribution in [2.75, 3.05) is 25.5 Å². The number of ether oxygens (including phenoxy) is 1. The number of likely N-dealkylation sites (tertiary alicyclic amines) is 1. The van der Waals surface area contributed by atoms with Crippen molar-refractivity contribution in [2.24, 2.45) is 4.99 Å². The van der Waals surface area contributed by atoms with E-state index in [1.54, 1.807) is 12.1 Å². The van der Waals surface area contributed by atoms with E-state index in [4.69, 9.17) is 9.73 Å². The number of amidine groups is 1. The third kappa shape index (κ3) is 4.45. The number of aliphatic imine (C=N–C) groups is 1. The highest BCUT2D eigenvalue weighted by Crippen LogP contribution is 2.26. The fourth-order valence-electron chi connectivity index (χ4n) is 4.36. The highest BCUT2D eigenvalue weighted by Gasteiger charge is 2.28. The molecule has 174 valence electrons. The maximum absolute atomic E-state index is 12.8. The van der Waals surface area contributed by atoms with Crippen LogP contribution in [0.4, 0.5) is 5.69 Å². The van der Waals surface area contributed by atoms with Crippen LogP contribution in [0.15, 0.2) is 71.9 Å². The predicted octanol–water partition coefficient (Wildman–Crippen LogP) is 3.62. The van der Waals surface area contributed by atoms with Crippen molar-refractivity contribution in [3.05, 3.63) is 83.6 Å². The molecule has 0 spiro atoms. The number of anilines is 1. The summed E-state index contributed by atoms with van der Waals surface area (Å²) in [6.45, 7) is 1.68. The molecular weight excluding hydrogens is 430 g/mol. The van der Waals surface area contributed by atoms with Crippen LogP contribution in [0.1, 0.15) is 45.5 Å². The minimum Gasteiger partial charge on any atom is -0.465 e. The van der Waals surface area contributed by atoms with Gasteiger partial charge in [0, 0.05) is 36.1 Å². The van der Waals surface area contributed by atoms with E-state index in [0.717, 1.165) is 54.2 Å². The molecule has 0 aliphatic carbocycles. The first-order valence-electron chi connectivity index (χ1n) is 11.5. The van der Waals surface area contributed by atoms with Crippen LogP contribution in [-0.4, -0.2) is 54.1 Å². The smallest absolute Gasteiger partial charge is 0.337 e. The van der Waals surface area contributed by atoms with Gasteiger partial charge in [0.1, 0.15) is 0 Å². The predicted molar refractivity (Wildman–Crippen MR) is 131 cm³/mol. The second-order valence-corrected chi connectivity index (χ2v) is 8.42. The maximum Gasteiger partial charge on any atom is 0.337 e. The van der Waals surface area contributed by atoms with Gasteiger partial charge in [-0.05, 0) is 73.4 Å². The fourth-order valence-corrected chi connectivity index (χ4v) is 4.36. The van der Waals surface area contributed by atoms with Crippen molar-refractivity contribution in [3.63, 3.8) is 0 Å². The Bertz CT molecular complexity index is 1160. The topological polar surface area (TPSA) is 86.3 Å². The van der Waals surface area contributed by atoms with E-state index >= 15 is 0 Å². The van der Waals surface area contributed by atoms with E-state index in [2.05, 4.69) is 10.7 Å². The van der Waals surface area contributed by atoms with Crippen molar-refractivity contribution in [1.82, 2.24) is 15.3 Å². The van der Waals surface area contributed by atoms with Crippen molar-refractivity contribution >= 4 is 29.0 Å². The molecule has 3 heterocycles. The molecule has 3 aliphatic rings. The molecule has 1 fully saturated rings. The number of hydrogen-bond donors (Lipinski definition) is 2. The first-order valence-corrected chi connectivity index (χ1v) is 11.5. The molecule has 2 aromatic rings. The standard InChI is InChI=1S/C26H27N5O3/c1-34-25(33)20-11-13-21(14-12-20)27-26-28-23-22(6-5-17-31(23)29-26)18-7-9-19(10-8-18)24(32)30-15-3-2-4-16-30/h5-14,17,26-27,29H,2-4,15-16H2,1H3. The van der Waals surface area contributed by atoms with Gasteiger partial charge in [0.15, 0.2) is 12.1 Å². The van der Waals surface area contributed by atoms with E-state index in [1.807, 2.05) is 64.7 Å². The van der Waals surface area contributed by atoms with Crippen molar-refractivity contribution in [1.29, 1.82) is 0 Å². The molecule has 2 aromatic carbocycles. The van der Waals surface area contributed by atoms with Gasteiger partial charge in [-0.15, -0.1) is 0 Å². The second-order valence-electron chi connectivity index (χ2n) is 8.42. The number of carbonyl (C=O) groups is 2. The third-order valence-corrected chi connectivity index (χ3v) is 6.18. The molecular formula is C26H27N5O3. The van der Waals surface area contributed by atoms with Crippen molar-refractivity contribution in [2.45, 2.75) is 25.6 Å². The quantitative estimate of drug-likeness (QED) is 0.667. The molecule has 1 atom stereocenters. The number of allylic oxidation sites excluding steroid dienone is 2. The summed E-state index contributed by atoms with van der Waals surface area (Å²) >= 11 is 0. The molecule has 3 aliphatic heterocycles. The number of carbonyl (C=O) groups excluding carboxylic acids is 2. The van der Waals surface area contributed by atoms with E-state index in [0.29, 0.717) is 5.56 Å². The number of rotatable bonds is 5. The van der Waals surface area contributed by atoms with Gasteiger partial charge < -0.3 is 15.0 Å². The summed E-state index contributed by atoms with van der Waals surface area (Å²) in [5.41, 5.74) is 7.30. The Kier molecular flexibility index (Phi) is 6.14. The van der Waals surface area contributed by atoms with Crippen molar-refractivity contribution < 1.29 is 14.3 Å². The van der Waals surface area contributed by atoms with E-state index in [1.165, 1.54) is 13.5 Å². The van der Waals surface area contributed by atoms with Crippen LogP contribution in [0, 0.1) is 0 Å². The normalized spacial score (nSPS) is 19.3. The number of amides is 1. The number of nitrogens with one attached hydrogen (secondary N) is 2. The van der Waals surface area contributed by atoms with Gasteiger partial charge in [0.2, 0.25) is 0 Å². The Morgan fingerprint density at radius 3 is 2.41 bits per heavy atom. The number of nitrogens with zero attached hydrogens (tertiary/aromatic N) is 3. The summed E-state index contributed by atoms with van der Waals surface area (Å²) in [5.74, 6) is 0.528. The lowest BCUT2D eigenvalue weighted by Crippen LogP contribution is -2.40. The average Bonchev–Trinajstić information content (AvgIpc) is 3.31. The fraction of sp³-hybridized carbons (Fsp3) is 0.269. The Morgan fingerprint density at radius 2 is 1.71 bits per heavy atom. The van der Waals surface area contributed by atoms with Crippen LogP contribution >= 0.6 is 0 Å². The number of piperidine rings is 1. The minimum absolute atomic E-state index is 0.104. The Hall–Kier alpha value is -3.91. The molecule has 0 radical (unpaired) electrons. The number of benzene rings is 2. The highest BCUT2D eigenvalue weighted by atomic mass is 16.5. The van der Waals surface area contributed by atoms with Crippen molar-refractivity contribution in [3.8, 4) is 0 Å². The van der Waals surface area contributed by atoms with E-state index in [9.17, 15) is 9.59 Å². The maximum atomic E-state index is 12.8. The molecule has 0 saturated carbocycles. The van der Waals surface area contributed by atoms with Gasteiger partial charge in [-0.2, -0.15) is 5.43 Å². The van der Waals surface area contributed by atoms with Gasteiger partial charge in [0.25, 0.3) is 5.91 Å². The molecule has 1 amide bonds. The molecule has 0 bridgehead atoms. The first-order chi connectivity index (χ1) is 16.6. The number of hydrogen-bond acceptors (Lipinski definition) is 7. The number of esters is 1. The van der Waals surface area contributed by atoms with Crippen LogP contribution in [0.25, 0.3) is 5.57 Å². The molecule has 2 N–H and O–H groups in total. The van der Waals surface area contributed by atoms with Crippen LogP contribution in [0.2, 0.25) is 0 Å². The zero-order valence-corrected chi connectivity index (χ0v) is 19.0. The molecule has 0 aromatic heterocycles. The summed E-state index contributed by atoms with van der Waals surface area (Å²) < 4.78 is 4.74. The molecule has 1 unspecified atom stereocenters.